The van der Waals surface area contributed by atoms with Gasteiger partial charge in [0.2, 0.25) is 0 Å². The van der Waals surface area contributed by atoms with Crippen LogP contribution in [-0.4, -0.2) is 37.9 Å². The molecule has 0 bridgehead atoms. The lowest BCUT2D eigenvalue weighted by atomic mass is 9.97. The zero-order valence-electron chi connectivity index (χ0n) is 89.2. The van der Waals surface area contributed by atoms with Crippen LogP contribution in [0.3, 0.4) is 0 Å². The first kappa shape index (κ1) is 98.2. The number of hydrogen-bond donors (Lipinski definition) is 0. The van der Waals surface area contributed by atoms with Gasteiger partial charge in [-0.3, -0.25) is 0 Å². The van der Waals surface area contributed by atoms with Crippen molar-refractivity contribution in [2.24, 2.45) is 21.1 Å². The third kappa shape index (κ3) is 18.3. The Bertz CT molecular complexity index is 8690. The molecule has 24 aromatic rings. The lowest BCUT2D eigenvalue weighted by Gasteiger charge is -2.19. The molecule has 9 heterocycles. The Labute approximate surface area is 853 Å². The molecule has 3 aliphatic rings. The predicted molar refractivity (Wildman–Crippen MR) is 634 cm³/mol. The summed E-state index contributed by atoms with van der Waals surface area (Å²) in [5, 5.41) is 25.1. The Kier molecular flexibility index (Phi) is 26.5. The normalized spacial score (nSPS) is 12.9. The van der Waals surface area contributed by atoms with Gasteiger partial charge in [-0.1, -0.05) is 326 Å². The van der Waals surface area contributed by atoms with Gasteiger partial charge in [0.25, 0.3) is 0 Å². The van der Waals surface area contributed by atoms with Crippen LogP contribution in [0.5, 0.6) is 0 Å². The predicted octanol–water partition coefficient (Wildman–Crippen LogP) is 33.8. The van der Waals surface area contributed by atoms with Crippen molar-refractivity contribution in [1.29, 1.82) is 0 Å². The van der Waals surface area contributed by atoms with Crippen molar-refractivity contribution >= 4 is 187 Å². The fourth-order valence-corrected chi connectivity index (χ4v) is 32.3. The molecular formula is C135H135N3O3Si3. The standard InChI is InChI=1S/3C16H18Si.3C15H15N.3C14H12O/c1-11-5-7-15-13(9-11)14-10-12(2)6-8-16(14)17(15,3)4;1-11-5-7-13-14-8-6-12(2)10-16(14)17(3,4)15(13)9-11;1-11-7-5-9-13-15(11)16-12(2)8-6-10-14(16)17(13,3)4;1-10-4-6-14-12(8-10)13-9-11(2)5-7-15(13)16(14)3;1-10-4-6-12-13-7-5-11(2)9-15(13)16(3)14(12)8-10;1-10-6-4-8-12-14(10)15-11(2)7-5-9-13(15)16(12)3;1-9-3-5-13-11(7-9)12-8-10(2)4-6-14(12)15-13;1-9-3-5-11-12-6-4-10(2)8-14(12)15-13(11)7-9;1-9-5-3-7-11-12-8-4-6-10(2)14(12)15-13(9)11/h3*5-10H,1-4H3;3*4-9H,1-3H3;3*3-8H,1-2H3. The van der Waals surface area contributed by atoms with Crippen molar-refractivity contribution in [3.63, 3.8) is 0 Å². The van der Waals surface area contributed by atoms with Crippen molar-refractivity contribution < 1.29 is 13.3 Å². The molecule has 0 aliphatic carbocycles. The fourth-order valence-electron chi connectivity index (χ4n) is 22.8. The Morgan fingerprint density at radius 3 is 0.889 bits per heavy atom. The third-order valence-electron chi connectivity index (χ3n) is 30.7. The summed E-state index contributed by atoms with van der Waals surface area (Å²) >= 11 is 0. The van der Waals surface area contributed by atoms with E-state index in [1.54, 1.807) is 31.1 Å². The smallest absolute Gasteiger partial charge is 0.138 e. The van der Waals surface area contributed by atoms with Gasteiger partial charge in [0.15, 0.2) is 0 Å². The summed E-state index contributed by atoms with van der Waals surface area (Å²) in [6.07, 6.45) is 0. The molecule has 18 aromatic carbocycles. The summed E-state index contributed by atoms with van der Waals surface area (Å²) in [6, 6.07) is 119. The maximum atomic E-state index is 5.91. The highest BCUT2D eigenvalue weighted by molar-refractivity contribution is 7.05. The van der Waals surface area contributed by atoms with E-state index < -0.39 is 24.2 Å². The molecule has 0 unspecified atom stereocenters. The number of fused-ring (bicyclic) bond motifs is 27. The molecule has 27 rings (SSSR count). The van der Waals surface area contributed by atoms with Crippen LogP contribution < -0.4 is 31.1 Å². The van der Waals surface area contributed by atoms with Gasteiger partial charge in [-0.05, 0) is 330 Å². The summed E-state index contributed by atoms with van der Waals surface area (Å²) in [5.41, 5.74) is 46.6. The van der Waals surface area contributed by atoms with E-state index >= 15 is 0 Å². The van der Waals surface area contributed by atoms with Crippen LogP contribution in [0.25, 0.3) is 165 Å². The van der Waals surface area contributed by atoms with Crippen LogP contribution in [-0.2, 0) is 21.1 Å². The first-order valence-electron chi connectivity index (χ1n) is 51.0. The number of hydrogen-bond acceptors (Lipinski definition) is 3. The van der Waals surface area contributed by atoms with Crippen LogP contribution in [0.4, 0.5) is 0 Å². The summed E-state index contributed by atoms with van der Waals surface area (Å²) in [6.45, 7) is 53.5. The molecule has 0 fully saturated rings. The molecule has 9 heteroatoms. The van der Waals surface area contributed by atoms with Gasteiger partial charge < -0.3 is 27.0 Å². The van der Waals surface area contributed by atoms with E-state index in [2.05, 4.69) is 514 Å². The van der Waals surface area contributed by atoms with E-state index in [1.807, 2.05) is 12.1 Å². The molecule has 144 heavy (non-hydrogen) atoms. The van der Waals surface area contributed by atoms with Crippen LogP contribution in [0.2, 0.25) is 39.3 Å². The van der Waals surface area contributed by atoms with Crippen molar-refractivity contribution in [2.75, 3.05) is 0 Å². The minimum absolute atomic E-state index is 0.973. The topological polar surface area (TPSA) is 54.2 Å². The second-order valence-electron chi connectivity index (χ2n) is 43.0. The average molecular weight is 1930 g/mol. The highest BCUT2D eigenvalue weighted by Crippen LogP contribution is 2.41. The van der Waals surface area contributed by atoms with Crippen LogP contribution in [0, 0.1) is 125 Å². The van der Waals surface area contributed by atoms with Crippen LogP contribution in [0.15, 0.2) is 341 Å². The molecule has 0 spiro atoms. The molecule has 6 aromatic heterocycles. The van der Waals surface area contributed by atoms with Gasteiger partial charge in [0, 0.05) is 119 Å². The van der Waals surface area contributed by atoms with Gasteiger partial charge in [-0.2, -0.15) is 0 Å². The molecule has 720 valence electrons. The van der Waals surface area contributed by atoms with E-state index in [0.717, 1.165) is 33.5 Å². The number of aromatic nitrogens is 3. The first-order chi connectivity index (χ1) is 68.8. The van der Waals surface area contributed by atoms with Gasteiger partial charge in [0.05, 0.1) is 0 Å². The Hall–Kier alpha value is -14.6. The summed E-state index contributed by atoms with van der Waals surface area (Å²) in [4.78, 5) is 0. The SMILES string of the molecule is Cc1ccc2c(c1)-c1cc(C)ccc1[Si]2(C)C.Cc1ccc2c(c1)[Si](C)(C)c1cc(C)ccc1-2.Cc1ccc2c(c1)c1cc(C)ccc1n2C.Cc1ccc2c(c1)oc1cc(C)ccc12.Cc1ccc2c3ccc(C)cc3n(C)c2c1.Cc1ccc2oc3ccc(C)cc3c2c1.Cc1cccc2c1-c1c(C)cccc1[Si]2(C)C.Cc1cccc2c1c1c(C)cccc1n2C.Cc1cccc2c1oc1c(C)cccc12. The largest absolute Gasteiger partial charge is 0.456 e. The zero-order valence-corrected chi connectivity index (χ0v) is 92.2. The van der Waals surface area contributed by atoms with Crippen molar-refractivity contribution in [2.45, 2.75) is 164 Å². The zero-order chi connectivity index (χ0) is 102. The molecule has 3 aliphatic heterocycles. The second-order valence-corrected chi connectivity index (χ2v) is 56.0. The summed E-state index contributed by atoms with van der Waals surface area (Å²) < 4.78 is 24.3. The lowest BCUT2D eigenvalue weighted by Crippen LogP contribution is -2.49. The van der Waals surface area contributed by atoms with Gasteiger partial charge in [0.1, 0.15) is 57.7 Å². The molecule has 0 atom stereocenters. The average Bonchev–Trinajstić information content (AvgIpc) is 1.56. The highest BCUT2D eigenvalue weighted by atomic mass is 28.3. The fraction of sp³-hybridized carbons (Fsp3) is 0.200. The van der Waals surface area contributed by atoms with E-state index in [4.69, 9.17) is 13.3 Å². The maximum absolute atomic E-state index is 5.91. The van der Waals surface area contributed by atoms with Crippen molar-refractivity contribution in [1.82, 2.24) is 13.7 Å². The van der Waals surface area contributed by atoms with Gasteiger partial charge in [-0.15, -0.1) is 0 Å². The minimum atomic E-state index is -1.44. The quantitative estimate of drug-likeness (QED) is 0.142. The number of benzene rings is 18. The Morgan fingerprint density at radius 1 is 0.174 bits per heavy atom. The number of nitrogens with zero attached hydrogens (tertiary/aromatic N) is 3. The van der Waals surface area contributed by atoms with Crippen LogP contribution in [0.1, 0.15) is 100 Å². The van der Waals surface area contributed by atoms with Gasteiger partial charge in [-0.25, -0.2) is 0 Å². The van der Waals surface area contributed by atoms with Gasteiger partial charge >= 0.3 is 0 Å². The second kappa shape index (κ2) is 38.9. The number of rotatable bonds is 0. The highest BCUT2D eigenvalue weighted by Gasteiger charge is 2.41. The number of para-hydroxylation sites is 2. The maximum Gasteiger partial charge on any atom is 0.138 e. The monoisotopic (exact) mass is 1930 g/mol. The van der Waals surface area contributed by atoms with E-state index in [1.165, 1.54) is 231 Å². The third-order valence-corrected chi connectivity index (χ3v) is 41.3. The minimum Gasteiger partial charge on any atom is -0.456 e. The molecular weight excluding hydrogens is 1800 g/mol. The molecule has 0 radical (unpaired) electrons. The number of furan rings is 3. The van der Waals surface area contributed by atoms with E-state index in [0.29, 0.717) is 0 Å². The molecule has 0 saturated carbocycles. The molecule has 0 amide bonds. The first-order valence-corrected chi connectivity index (χ1v) is 60.0. The number of aryl methyl sites for hydroxylation is 21. The Balaban J connectivity index is 0.000000103. The Morgan fingerprint density at radius 2 is 0.465 bits per heavy atom. The molecule has 0 saturated heterocycles. The van der Waals surface area contributed by atoms with Crippen molar-refractivity contribution in [3.05, 3.63) is 428 Å². The van der Waals surface area contributed by atoms with E-state index in [-0.39, 0.29) is 0 Å². The molecule has 0 N–H and O–H groups in total. The summed E-state index contributed by atoms with van der Waals surface area (Å²) in [5.74, 6) is 0. The van der Waals surface area contributed by atoms with Crippen LogP contribution >= 0.6 is 0 Å². The van der Waals surface area contributed by atoms with Crippen molar-refractivity contribution in [3.8, 4) is 33.4 Å². The summed E-state index contributed by atoms with van der Waals surface area (Å²) in [7, 11) is 2.10. The molecule has 6 nitrogen and oxygen atoms in total. The lowest BCUT2D eigenvalue weighted by molar-refractivity contribution is 0.662. The van der Waals surface area contributed by atoms with E-state index in [9.17, 15) is 0 Å².